The van der Waals surface area contributed by atoms with Gasteiger partial charge in [-0.2, -0.15) is 0 Å². The van der Waals surface area contributed by atoms with Crippen molar-refractivity contribution in [1.82, 2.24) is 4.90 Å². The number of benzene rings is 1. The number of carbonyl (C=O) groups excluding carboxylic acids is 2. The molecule has 0 N–H and O–H groups in total. The third-order valence-electron chi connectivity index (χ3n) is 4.12. The number of hydrogen-bond acceptors (Lipinski definition) is 5. The van der Waals surface area contributed by atoms with Crippen LogP contribution >= 0.6 is 11.6 Å². The van der Waals surface area contributed by atoms with Crippen molar-refractivity contribution in [2.24, 2.45) is 5.92 Å². The highest BCUT2D eigenvalue weighted by Gasteiger charge is 2.33. The molecule has 1 heterocycles. The van der Waals surface area contributed by atoms with Gasteiger partial charge in [0.05, 0.1) is 19.2 Å². The molecular weight excluding hydrogens is 358 g/mol. The van der Waals surface area contributed by atoms with E-state index in [1.807, 2.05) is 0 Å². The van der Waals surface area contributed by atoms with Gasteiger partial charge in [-0.25, -0.2) is 9.59 Å². The van der Waals surface area contributed by atoms with E-state index < -0.39 is 18.2 Å². The molecule has 1 aliphatic rings. The Bertz CT molecular complexity index is 701. The fourth-order valence-electron chi connectivity index (χ4n) is 2.66. The van der Waals surface area contributed by atoms with Crippen molar-refractivity contribution in [2.75, 3.05) is 27.3 Å². The predicted molar refractivity (Wildman–Crippen MR) is 99.3 cm³/mol. The van der Waals surface area contributed by atoms with Crippen molar-refractivity contribution in [3.8, 4) is 5.75 Å². The van der Waals surface area contributed by atoms with E-state index >= 15 is 0 Å². The smallest absolute Gasteiger partial charge is 0.409 e. The second-order valence-corrected chi connectivity index (χ2v) is 6.87. The van der Waals surface area contributed by atoms with E-state index in [0.717, 1.165) is 6.42 Å². The second-order valence-electron chi connectivity index (χ2n) is 6.47. The van der Waals surface area contributed by atoms with Gasteiger partial charge in [-0.3, -0.25) is 0 Å². The Balaban J connectivity index is 2.35. The number of nitrogens with zero attached hydrogens (tertiary/aromatic N) is 1. The van der Waals surface area contributed by atoms with E-state index in [1.165, 1.54) is 14.2 Å². The normalized spacial score (nSPS) is 15.6. The first-order valence-electron chi connectivity index (χ1n) is 8.43. The lowest BCUT2D eigenvalue weighted by Gasteiger charge is -2.30. The maximum Gasteiger partial charge on any atom is 0.409 e. The number of ether oxygens (including phenoxy) is 3. The average Bonchev–Trinajstić information content (AvgIpc) is 2.63. The molecule has 1 aliphatic heterocycles. The molecule has 0 fully saturated rings. The van der Waals surface area contributed by atoms with Crippen LogP contribution in [0.5, 0.6) is 5.75 Å². The van der Waals surface area contributed by atoms with Crippen LogP contribution in [0.15, 0.2) is 23.8 Å². The SMILES string of the molecule is COC(=O)[C@H]1Oc2cccc(Cl)c2C=C1CN(CCC(C)C)C(=O)OC. The van der Waals surface area contributed by atoms with Crippen molar-refractivity contribution in [3.05, 3.63) is 34.4 Å². The molecule has 0 spiro atoms. The summed E-state index contributed by atoms with van der Waals surface area (Å²) in [5.41, 5.74) is 1.27. The average molecular weight is 382 g/mol. The Kier molecular flexibility index (Phi) is 6.91. The van der Waals surface area contributed by atoms with Gasteiger partial charge in [0.1, 0.15) is 5.75 Å². The van der Waals surface area contributed by atoms with Crippen LogP contribution in [0.3, 0.4) is 0 Å². The molecule has 2 rings (SSSR count). The van der Waals surface area contributed by atoms with E-state index in [0.29, 0.717) is 34.4 Å². The Morgan fingerprint density at radius 1 is 1.27 bits per heavy atom. The van der Waals surface area contributed by atoms with Crippen LogP contribution in [-0.4, -0.2) is 50.4 Å². The van der Waals surface area contributed by atoms with Crippen molar-refractivity contribution in [3.63, 3.8) is 0 Å². The first-order valence-corrected chi connectivity index (χ1v) is 8.81. The number of halogens is 1. The molecule has 0 saturated carbocycles. The summed E-state index contributed by atoms with van der Waals surface area (Å²) < 4.78 is 15.5. The maximum atomic E-state index is 12.2. The number of hydrogen-bond donors (Lipinski definition) is 0. The lowest BCUT2D eigenvalue weighted by atomic mass is 10.0. The number of esters is 1. The number of methoxy groups -OCH3 is 2. The van der Waals surface area contributed by atoms with Crippen molar-refractivity contribution >= 4 is 29.7 Å². The summed E-state index contributed by atoms with van der Waals surface area (Å²) in [6.07, 6.45) is 1.20. The minimum Gasteiger partial charge on any atom is -0.474 e. The maximum absolute atomic E-state index is 12.2. The Morgan fingerprint density at radius 3 is 2.62 bits per heavy atom. The van der Waals surface area contributed by atoms with Crippen molar-refractivity contribution < 1.29 is 23.8 Å². The van der Waals surface area contributed by atoms with E-state index in [4.69, 9.17) is 25.8 Å². The molecule has 0 saturated heterocycles. The summed E-state index contributed by atoms with van der Waals surface area (Å²) in [7, 11) is 2.63. The molecule has 6 nitrogen and oxygen atoms in total. The summed E-state index contributed by atoms with van der Waals surface area (Å²) in [6.45, 7) is 4.84. The standard InChI is InChI=1S/C19H24ClNO5/c1-12(2)8-9-21(19(23)25-4)11-13-10-14-15(20)6-5-7-16(14)26-17(13)18(22)24-3/h5-7,10,12,17H,8-9,11H2,1-4H3/t17-/m0/s1. The molecular formula is C19H24ClNO5. The van der Waals surface area contributed by atoms with Crippen molar-refractivity contribution in [2.45, 2.75) is 26.4 Å². The lowest BCUT2D eigenvalue weighted by molar-refractivity contribution is -0.147. The molecule has 1 amide bonds. The fourth-order valence-corrected chi connectivity index (χ4v) is 2.88. The van der Waals surface area contributed by atoms with Crippen molar-refractivity contribution in [1.29, 1.82) is 0 Å². The van der Waals surface area contributed by atoms with E-state index in [-0.39, 0.29) is 6.54 Å². The van der Waals surface area contributed by atoms with E-state index in [1.54, 1.807) is 29.2 Å². The van der Waals surface area contributed by atoms with Crippen LogP contribution in [0.2, 0.25) is 5.02 Å². The number of amides is 1. The van der Waals surface area contributed by atoms with Crippen LogP contribution in [0.4, 0.5) is 4.79 Å². The topological polar surface area (TPSA) is 65.1 Å². The monoisotopic (exact) mass is 381 g/mol. The molecule has 1 atom stereocenters. The van der Waals surface area contributed by atoms with Crippen LogP contribution < -0.4 is 4.74 Å². The third-order valence-corrected chi connectivity index (χ3v) is 4.45. The molecule has 0 aromatic heterocycles. The van der Waals surface area contributed by atoms with Crippen LogP contribution in [0.25, 0.3) is 6.08 Å². The molecule has 0 bridgehead atoms. The molecule has 0 radical (unpaired) electrons. The summed E-state index contributed by atoms with van der Waals surface area (Å²) in [5, 5.41) is 0.509. The van der Waals surface area contributed by atoms with Crippen LogP contribution in [-0.2, 0) is 14.3 Å². The summed E-state index contributed by atoms with van der Waals surface area (Å²) >= 11 is 6.25. The highest BCUT2D eigenvalue weighted by molar-refractivity contribution is 6.32. The summed E-state index contributed by atoms with van der Waals surface area (Å²) in [4.78, 5) is 25.9. The van der Waals surface area contributed by atoms with E-state index in [2.05, 4.69) is 13.8 Å². The van der Waals surface area contributed by atoms with Crippen LogP contribution in [0.1, 0.15) is 25.8 Å². The molecule has 0 unspecified atom stereocenters. The molecule has 142 valence electrons. The largest absolute Gasteiger partial charge is 0.474 e. The van der Waals surface area contributed by atoms with Gasteiger partial charge in [-0.15, -0.1) is 0 Å². The fraction of sp³-hybridized carbons (Fsp3) is 0.474. The number of carbonyl (C=O) groups is 2. The number of rotatable bonds is 6. The van der Waals surface area contributed by atoms with Gasteiger partial charge in [0.15, 0.2) is 0 Å². The molecule has 1 aromatic carbocycles. The van der Waals surface area contributed by atoms with Gasteiger partial charge in [0, 0.05) is 24.2 Å². The van der Waals surface area contributed by atoms with E-state index in [9.17, 15) is 9.59 Å². The van der Waals surface area contributed by atoms with Gasteiger partial charge in [0.25, 0.3) is 0 Å². The zero-order valence-corrected chi connectivity index (χ0v) is 16.2. The lowest BCUT2D eigenvalue weighted by Crippen LogP contribution is -2.41. The third kappa shape index (κ3) is 4.69. The van der Waals surface area contributed by atoms with Gasteiger partial charge in [0.2, 0.25) is 6.10 Å². The Hall–Kier alpha value is -2.21. The van der Waals surface area contributed by atoms with Gasteiger partial charge < -0.3 is 19.1 Å². The molecule has 1 aromatic rings. The van der Waals surface area contributed by atoms with Gasteiger partial charge in [-0.05, 0) is 30.5 Å². The Labute approximate surface area is 158 Å². The highest BCUT2D eigenvalue weighted by Crippen LogP contribution is 2.35. The first kappa shape index (κ1) is 20.1. The number of fused-ring (bicyclic) bond motifs is 1. The molecule has 26 heavy (non-hydrogen) atoms. The molecule has 0 aliphatic carbocycles. The Morgan fingerprint density at radius 2 is 2.00 bits per heavy atom. The zero-order valence-electron chi connectivity index (χ0n) is 15.5. The second kappa shape index (κ2) is 8.94. The zero-order chi connectivity index (χ0) is 19.3. The van der Waals surface area contributed by atoms with Gasteiger partial charge in [-0.1, -0.05) is 31.5 Å². The minimum absolute atomic E-state index is 0.184. The van der Waals surface area contributed by atoms with Crippen LogP contribution in [0, 0.1) is 5.92 Å². The minimum atomic E-state index is -0.933. The summed E-state index contributed by atoms with van der Waals surface area (Å²) in [5.74, 6) is 0.393. The molecule has 7 heteroatoms. The predicted octanol–water partition coefficient (Wildman–Crippen LogP) is 3.77. The summed E-state index contributed by atoms with van der Waals surface area (Å²) in [6, 6.07) is 5.23. The first-order chi connectivity index (χ1) is 12.4. The van der Waals surface area contributed by atoms with Gasteiger partial charge >= 0.3 is 12.1 Å². The quantitative estimate of drug-likeness (QED) is 0.702. The highest BCUT2D eigenvalue weighted by atomic mass is 35.5.